The summed E-state index contributed by atoms with van der Waals surface area (Å²) >= 11 is 1.27. The first-order chi connectivity index (χ1) is 12.1. The molecule has 1 amide bonds. The summed E-state index contributed by atoms with van der Waals surface area (Å²) in [6, 6.07) is 14.0. The Balaban J connectivity index is 1.70. The molecule has 0 aliphatic heterocycles. The van der Waals surface area contributed by atoms with Crippen molar-refractivity contribution >= 4 is 28.2 Å². The van der Waals surface area contributed by atoms with Gasteiger partial charge in [-0.15, -0.1) is 10.2 Å². The maximum Gasteiger partial charge on any atom is 0.259 e. The van der Waals surface area contributed by atoms with E-state index in [2.05, 4.69) is 51.8 Å². The number of rotatable bonds is 6. The highest BCUT2D eigenvalue weighted by Crippen LogP contribution is 2.25. The second-order valence-electron chi connectivity index (χ2n) is 5.91. The van der Waals surface area contributed by atoms with Gasteiger partial charge in [0.1, 0.15) is 11.3 Å². The maximum absolute atomic E-state index is 12.1. The van der Waals surface area contributed by atoms with Crippen LogP contribution in [0.1, 0.15) is 35.8 Å². The van der Waals surface area contributed by atoms with Crippen LogP contribution in [0.15, 0.2) is 54.2 Å². The van der Waals surface area contributed by atoms with E-state index in [0.717, 1.165) is 5.82 Å². The molecule has 0 saturated heterocycles. The molecule has 1 atom stereocenters. The molecule has 0 saturated carbocycles. The molecule has 0 spiro atoms. The summed E-state index contributed by atoms with van der Waals surface area (Å²) < 4.78 is 0. The van der Waals surface area contributed by atoms with Crippen LogP contribution in [-0.4, -0.2) is 21.1 Å². The van der Waals surface area contributed by atoms with E-state index in [9.17, 15) is 4.79 Å². The van der Waals surface area contributed by atoms with Gasteiger partial charge in [-0.2, -0.15) is 0 Å². The molecule has 0 bridgehead atoms. The van der Waals surface area contributed by atoms with Crippen LogP contribution in [0.3, 0.4) is 0 Å². The van der Waals surface area contributed by atoms with Crippen LogP contribution >= 0.6 is 11.3 Å². The first-order valence-electron chi connectivity index (χ1n) is 7.98. The number of carbonyl (C=O) groups is 1. The zero-order valence-electron chi connectivity index (χ0n) is 14.0. The van der Waals surface area contributed by atoms with Crippen LogP contribution in [0, 0.1) is 5.92 Å². The van der Waals surface area contributed by atoms with Gasteiger partial charge >= 0.3 is 0 Å². The molecule has 0 aliphatic carbocycles. The van der Waals surface area contributed by atoms with Gasteiger partial charge in [0.15, 0.2) is 0 Å². The predicted octanol–water partition coefficient (Wildman–Crippen LogP) is 3.99. The van der Waals surface area contributed by atoms with Crippen molar-refractivity contribution in [1.82, 2.24) is 15.2 Å². The van der Waals surface area contributed by atoms with Crippen molar-refractivity contribution in [3.63, 3.8) is 0 Å². The molecular formula is C18H19N5OS. The molecule has 3 rings (SSSR count). The Morgan fingerprint density at radius 1 is 1.12 bits per heavy atom. The van der Waals surface area contributed by atoms with Crippen molar-refractivity contribution < 1.29 is 4.79 Å². The summed E-state index contributed by atoms with van der Waals surface area (Å²) in [6.07, 6.45) is 1.56. The molecule has 2 heterocycles. The Hall–Kier alpha value is -2.80. The first-order valence-corrected chi connectivity index (χ1v) is 8.86. The second kappa shape index (κ2) is 7.85. The number of aromatic nitrogens is 3. The van der Waals surface area contributed by atoms with Crippen LogP contribution < -0.4 is 10.6 Å². The lowest BCUT2D eigenvalue weighted by atomic mass is 9.96. The highest BCUT2D eigenvalue weighted by molar-refractivity contribution is 7.13. The molecule has 1 unspecified atom stereocenters. The minimum Gasteiger partial charge on any atom is -0.363 e. The molecule has 128 valence electrons. The summed E-state index contributed by atoms with van der Waals surface area (Å²) in [4.78, 5) is 16.5. The highest BCUT2D eigenvalue weighted by atomic mass is 32.1. The number of amides is 1. The fourth-order valence-corrected chi connectivity index (χ4v) is 2.91. The van der Waals surface area contributed by atoms with Crippen molar-refractivity contribution in [1.29, 1.82) is 0 Å². The Morgan fingerprint density at radius 2 is 1.92 bits per heavy atom. The third-order valence-corrected chi connectivity index (χ3v) is 4.34. The smallest absolute Gasteiger partial charge is 0.259 e. The zero-order chi connectivity index (χ0) is 17.6. The Kier molecular flexibility index (Phi) is 5.35. The standard InChI is InChI=1S/C18H19N5OS/c1-12(2)16(13-6-4-3-5-7-13)21-15-9-8-14(10-19-15)17(24)22-18-23-20-11-25-18/h3-12,16H,1-2H3,(H,19,21)(H,22,23,24). The Labute approximate surface area is 150 Å². The maximum atomic E-state index is 12.1. The molecule has 1 aromatic carbocycles. The number of nitrogens with one attached hydrogen (secondary N) is 2. The molecule has 0 fully saturated rings. The number of anilines is 2. The Morgan fingerprint density at radius 3 is 2.52 bits per heavy atom. The van der Waals surface area contributed by atoms with E-state index < -0.39 is 0 Å². The average molecular weight is 353 g/mol. The lowest BCUT2D eigenvalue weighted by molar-refractivity contribution is 0.102. The van der Waals surface area contributed by atoms with Crippen molar-refractivity contribution in [3.8, 4) is 0 Å². The van der Waals surface area contributed by atoms with Gasteiger partial charge in [-0.25, -0.2) is 4.98 Å². The SMILES string of the molecule is CC(C)C(Nc1ccc(C(=O)Nc2nncs2)cn1)c1ccccc1. The molecular weight excluding hydrogens is 334 g/mol. The van der Waals surface area contributed by atoms with Gasteiger partial charge in [0.2, 0.25) is 5.13 Å². The topological polar surface area (TPSA) is 79.8 Å². The third kappa shape index (κ3) is 4.39. The summed E-state index contributed by atoms with van der Waals surface area (Å²) in [5, 5.41) is 14.1. The van der Waals surface area contributed by atoms with Crippen LogP contribution in [0.4, 0.5) is 10.9 Å². The summed E-state index contributed by atoms with van der Waals surface area (Å²) in [5.74, 6) is 0.874. The summed E-state index contributed by atoms with van der Waals surface area (Å²) in [7, 11) is 0. The molecule has 3 aromatic rings. The van der Waals surface area contributed by atoms with Crippen LogP contribution in [-0.2, 0) is 0 Å². The monoisotopic (exact) mass is 353 g/mol. The molecule has 0 aliphatic rings. The van der Waals surface area contributed by atoms with Crippen molar-refractivity contribution in [2.75, 3.05) is 10.6 Å². The van der Waals surface area contributed by atoms with Crippen molar-refractivity contribution in [2.24, 2.45) is 5.92 Å². The minimum atomic E-state index is -0.251. The van der Waals surface area contributed by atoms with Crippen molar-refractivity contribution in [3.05, 3.63) is 65.3 Å². The normalized spacial score (nSPS) is 12.0. The largest absolute Gasteiger partial charge is 0.363 e. The first kappa shape index (κ1) is 17.0. The van der Waals surface area contributed by atoms with E-state index in [1.807, 2.05) is 24.3 Å². The second-order valence-corrected chi connectivity index (χ2v) is 6.74. The summed E-state index contributed by atoms with van der Waals surface area (Å²) in [6.45, 7) is 4.32. The molecule has 2 N–H and O–H groups in total. The van der Waals surface area contributed by atoms with E-state index in [1.54, 1.807) is 17.8 Å². The number of nitrogens with zero attached hydrogens (tertiary/aromatic N) is 3. The molecule has 2 aromatic heterocycles. The highest BCUT2D eigenvalue weighted by Gasteiger charge is 2.16. The van der Waals surface area contributed by atoms with Gasteiger partial charge in [0.05, 0.1) is 11.6 Å². The predicted molar refractivity (Wildman–Crippen MR) is 99.7 cm³/mol. The zero-order valence-corrected chi connectivity index (χ0v) is 14.8. The third-order valence-electron chi connectivity index (χ3n) is 3.73. The van der Waals surface area contributed by atoms with E-state index in [4.69, 9.17) is 0 Å². The number of hydrogen-bond acceptors (Lipinski definition) is 6. The molecule has 25 heavy (non-hydrogen) atoms. The van der Waals surface area contributed by atoms with Crippen LogP contribution in [0.25, 0.3) is 0 Å². The van der Waals surface area contributed by atoms with E-state index in [-0.39, 0.29) is 11.9 Å². The minimum absolute atomic E-state index is 0.148. The summed E-state index contributed by atoms with van der Waals surface area (Å²) in [5.41, 5.74) is 3.25. The lowest BCUT2D eigenvalue weighted by Crippen LogP contribution is -2.18. The van der Waals surface area contributed by atoms with E-state index in [1.165, 1.54) is 16.9 Å². The fourth-order valence-electron chi connectivity index (χ4n) is 2.46. The molecule has 6 nitrogen and oxygen atoms in total. The van der Waals surface area contributed by atoms with E-state index >= 15 is 0 Å². The molecule has 7 heteroatoms. The quantitative estimate of drug-likeness (QED) is 0.700. The lowest BCUT2D eigenvalue weighted by Gasteiger charge is -2.23. The number of benzene rings is 1. The Bertz CT molecular complexity index is 803. The molecule has 0 radical (unpaired) electrons. The van der Waals surface area contributed by atoms with Gasteiger partial charge in [-0.3, -0.25) is 10.1 Å². The van der Waals surface area contributed by atoms with Gasteiger partial charge in [-0.05, 0) is 23.6 Å². The van der Waals surface area contributed by atoms with Gasteiger partial charge in [0, 0.05) is 6.20 Å². The van der Waals surface area contributed by atoms with Crippen LogP contribution in [0.5, 0.6) is 0 Å². The fraction of sp³-hybridized carbons (Fsp3) is 0.222. The van der Waals surface area contributed by atoms with Gasteiger partial charge in [0.25, 0.3) is 5.91 Å². The van der Waals surface area contributed by atoms with Gasteiger partial charge < -0.3 is 5.32 Å². The van der Waals surface area contributed by atoms with Crippen LogP contribution in [0.2, 0.25) is 0 Å². The van der Waals surface area contributed by atoms with E-state index in [0.29, 0.717) is 16.6 Å². The average Bonchev–Trinajstić information content (AvgIpc) is 3.13. The number of pyridine rings is 1. The number of hydrogen-bond donors (Lipinski definition) is 2. The number of carbonyl (C=O) groups excluding carboxylic acids is 1. The van der Waals surface area contributed by atoms with Crippen molar-refractivity contribution in [2.45, 2.75) is 19.9 Å². The van der Waals surface area contributed by atoms with Gasteiger partial charge in [-0.1, -0.05) is 55.5 Å².